The summed E-state index contributed by atoms with van der Waals surface area (Å²) in [6.07, 6.45) is 4.90. The van der Waals surface area contributed by atoms with E-state index in [9.17, 15) is 8.78 Å². The van der Waals surface area contributed by atoms with Crippen LogP contribution in [0.5, 0.6) is 0 Å². The Morgan fingerprint density at radius 2 is 2.05 bits per heavy atom. The number of nitrogens with one attached hydrogen (secondary N) is 1. The first-order valence-electron chi connectivity index (χ1n) is 5.30. The van der Waals surface area contributed by atoms with E-state index < -0.39 is 16.2 Å². The standard InChI is InChI=1S/C12H10BrClF2N2O/c13-12(17)10(2-1-5-18-12)19-6-7-8(15)3-4-9(16)11(7)14/h1-5,18H,6,17H2. The molecule has 0 aliphatic carbocycles. The lowest BCUT2D eigenvalue weighted by atomic mass is 10.2. The van der Waals surface area contributed by atoms with E-state index in [1.807, 2.05) is 0 Å². The molecular formula is C12H10BrClF2N2O. The first-order chi connectivity index (χ1) is 8.92. The maximum atomic E-state index is 13.6. The number of dihydropyridines is 1. The molecule has 7 heteroatoms. The second kappa shape index (κ2) is 5.48. The zero-order valence-corrected chi connectivity index (χ0v) is 11.9. The van der Waals surface area contributed by atoms with Gasteiger partial charge in [0, 0.05) is 5.56 Å². The summed E-state index contributed by atoms with van der Waals surface area (Å²) < 4.78 is 31.1. The minimum Gasteiger partial charge on any atom is -0.488 e. The third-order valence-electron chi connectivity index (χ3n) is 2.51. The molecule has 1 aromatic carbocycles. The van der Waals surface area contributed by atoms with Crippen LogP contribution in [0.1, 0.15) is 5.56 Å². The van der Waals surface area contributed by atoms with Gasteiger partial charge >= 0.3 is 0 Å². The van der Waals surface area contributed by atoms with Gasteiger partial charge in [-0.3, -0.25) is 5.73 Å². The van der Waals surface area contributed by atoms with Gasteiger partial charge in [0.2, 0.25) is 4.57 Å². The number of rotatable bonds is 3. The molecule has 1 unspecified atom stereocenters. The zero-order valence-electron chi connectivity index (χ0n) is 9.59. The van der Waals surface area contributed by atoms with E-state index in [1.165, 1.54) is 0 Å². The third-order valence-corrected chi connectivity index (χ3v) is 3.54. The average molecular weight is 352 g/mol. The first-order valence-corrected chi connectivity index (χ1v) is 6.47. The number of allylic oxidation sites excluding steroid dienone is 2. The van der Waals surface area contributed by atoms with Gasteiger partial charge in [-0.2, -0.15) is 0 Å². The minimum absolute atomic E-state index is 0.0552. The number of halogens is 4. The third kappa shape index (κ3) is 3.08. The molecule has 1 aliphatic rings. The Balaban J connectivity index is 2.18. The smallest absolute Gasteiger partial charge is 0.202 e. The number of alkyl halides is 1. The Kier molecular flexibility index (Phi) is 4.13. The molecule has 0 saturated carbocycles. The second-order valence-corrected chi connectivity index (χ2v) is 5.49. The predicted octanol–water partition coefficient (Wildman–Crippen LogP) is 3.14. The van der Waals surface area contributed by atoms with Gasteiger partial charge in [-0.15, -0.1) is 0 Å². The summed E-state index contributed by atoms with van der Waals surface area (Å²) in [5.74, 6) is -1.01. The minimum atomic E-state index is -1.09. The van der Waals surface area contributed by atoms with Crippen LogP contribution >= 0.6 is 27.5 Å². The zero-order chi connectivity index (χ0) is 14.0. The van der Waals surface area contributed by atoms with Crippen molar-refractivity contribution in [1.82, 2.24) is 5.32 Å². The Labute approximate surface area is 122 Å². The molecule has 3 nitrogen and oxygen atoms in total. The fourth-order valence-corrected chi connectivity index (χ4v) is 2.09. The molecule has 0 aromatic heterocycles. The summed E-state index contributed by atoms with van der Waals surface area (Å²) in [5, 5.41) is 2.51. The number of hydrogen-bond donors (Lipinski definition) is 2. The monoisotopic (exact) mass is 350 g/mol. The Hall–Kier alpha value is -1.11. The molecule has 0 spiro atoms. The Morgan fingerprint density at radius 3 is 2.74 bits per heavy atom. The molecule has 1 atom stereocenters. The van der Waals surface area contributed by atoms with Crippen molar-refractivity contribution in [1.29, 1.82) is 0 Å². The summed E-state index contributed by atoms with van der Waals surface area (Å²) in [7, 11) is 0. The lowest BCUT2D eigenvalue weighted by Crippen LogP contribution is -2.48. The molecule has 0 amide bonds. The first kappa shape index (κ1) is 14.3. The Morgan fingerprint density at radius 1 is 1.37 bits per heavy atom. The van der Waals surface area contributed by atoms with Gasteiger partial charge < -0.3 is 10.1 Å². The largest absolute Gasteiger partial charge is 0.488 e. The van der Waals surface area contributed by atoms with E-state index in [2.05, 4.69) is 21.2 Å². The van der Waals surface area contributed by atoms with Crippen molar-refractivity contribution in [3.05, 3.63) is 58.5 Å². The van der Waals surface area contributed by atoms with E-state index in [0.29, 0.717) is 5.76 Å². The summed E-state index contributed by atoms with van der Waals surface area (Å²) in [6.45, 7) is -0.228. The summed E-state index contributed by atoms with van der Waals surface area (Å²) in [5.41, 5.74) is 5.80. The van der Waals surface area contributed by atoms with Gasteiger partial charge in [0.05, 0.1) is 5.02 Å². The fourth-order valence-electron chi connectivity index (χ4n) is 1.50. The summed E-state index contributed by atoms with van der Waals surface area (Å²) >= 11 is 8.91. The van der Waals surface area contributed by atoms with Crippen LogP contribution in [-0.4, -0.2) is 4.57 Å². The van der Waals surface area contributed by atoms with E-state index in [-0.39, 0.29) is 17.2 Å². The topological polar surface area (TPSA) is 47.3 Å². The molecule has 0 fully saturated rings. The van der Waals surface area contributed by atoms with Crippen LogP contribution < -0.4 is 11.1 Å². The van der Waals surface area contributed by atoms with Crippen LogP contribution in [0, 0.1) is 11.6 Å². The van der Waals surface area contributed by atoms with Gasteiger partial charge in [0.15, 0.2) is 0 Å². The highest BCUT2D eigenvalue weighted by molar-refractivity contribution is 9.10. The van der Waals surface area contributed by atoms with Crippen LogP contribution in [-0.2, 0) is 11.3 Å². The number of benzene rings is 1. The highest BCUT2D eigenvalue weighted by Crippen LogP contribution is 2.27. The van der Waals surface area contributed by atoms with Gasteiger partial charge in [-0.05, 0) is 46.4 Å². The van der Waals surface area contributed by atoms with Crippen LogP contribution in [0.25, 0.3) is 0 Å². The fraction of sp³-hybridized carbons (Fsp3) is 0.167. The highest BCUT2D eigenvalue weighted by atomic mass is 79.9. The average Bonchev–Trinajstić information content (AvgIpc) is 2.35. The van der Waals surface area contributed by atoms with E-state index >= 15 is 0 Å². The van der Waals surface area contributed by atoms with Crippen molar-refractivity contribution in [2.45, 2.75) is 11.2 Å². The number of nitrogens with two attached hydrogens (primary N) is 1. The van der Waals surface area contributed by atoms with Crippen LogP contribution in [0.3, 0.4) is 0 Å². The van der Waals surface area contributed by atoms with Crippen molar-refractivity contribution in [2.24, 2.45) is 5.73 Å². The molecule has 0 saturated heterocycles. The van der Waals surface area contributed by atoms with Gasteiger partial charge in [0.1, 0.15) is 24.0 Å². The molecule has 1 aromatic rings. The second-order valence-electron chi connectivity index (χ2n) is 3.86. The number of hydrogen-bond acceptors (Lipinski definition) is 3. The maximum absolute atomic E-state index is 13.6. The lowest BCUT2D eigenvalue weighted by molar-refractivity contribution is 0.166. The maximum Gasteiger partial charge on any atom is 0.202 e. The van der Waals surface area contributed by atoms with Crippen molar-refractivity contribution >= 4 is 27.5 Å². The van der Waals surface area contributed by atoms with E-state index in [4.69, 9.17) is 22.1 Å². The van der Waals surface area contributed by atoms with E-state index in [1.54, 1.807) is 18.4 Å². The quantitative estimate of drug-likeness (QED) is 0.500. The molecule has 1 aliphatic heterocycles. The predicted molar refractivity (Wildman–Crippen MR) is 72.4 cm³/mol. The molecule has 3 N–H and O–H groups in total. The molecule has 0 radical (unpaired) electrons. The van der Waals surface area contributed by atoms with Crippen molar-refractivity contribution in [3.63, 3.8) is 0 Å². The van der Waals surface area contributed by atoms with Crippen molar-refractivity contribution in [3.8, 4) is 0 Å². The molecular weight excluding hydrogens is 341 g/mol. The summed E-state index contributed by atoms with van der Waals surface area (Å²) in [4.78, 5) is 0. The van der Waals surface area contributed by atoms with Gasteiger partial charge in [0.25, 0.3) is 0 Å². The highest BCUT2D eigenvalue weighted by Gasteiger charge is 2.28. The molecule has 2 rings (SSSR count). The molecule has 1 heterocycles. The van der Waals surface area contributed by atoms with Crippen molar-refractivity contribution < 1.29 is 13.5 Å². The van der Waals surface area contributed by atoms with Crippen molar-refractivity contribution in [2.75, 3.05) is 0 Å². The normalized spacial score (nSPS) is 21.8. The van der Waals surface area contributed by atoms with Crippen LogP contribution in [0.2, 0.25) is 5.02 Å². The van der Waals surface area contributed by atoms with Crippen LogP contribution in [0.4, 0.5) is 8.78 Å². The van der Waals surface area contributed by atoms with Crippen LogP contribution in [0.15, 0.2) is 36.2 Å². The molecule has 19 heavy (non-hydrogen) atoms. The molecule has 0 bridgehead atoms. The lowest BCUT2D eigenvalue weighted by Gasteiger charge is -2.28. The summed E-state index contributed by atoms with van der Waals surface area (Å²) in [6, 6.07) is 1.96. The van der Waals surface area contributed by atoms with Gasteiger partial charge in [-0.1, -0.05) is 11.6 Å². The number of ether oxygens (including phenoxy) is 1. The molecule has 102 valence electrons. The Bertz CT molecular complexity index is 561. The van der Waals surface area contributed by atoms with E-state index in [0.717, 1.165) is 12.1 Å². The SMILES string of the molecule is NC1(Br)NC=CC=C1OCc1c(F)ccc(F)c1Cl. The van der Waals surface area contributed by atoms with Gasteiger partial charge in [-0.25, -0.2) is 8.78 Å².